The predicted molar refractivity (Wildman–Crippen MR) is 165 cm³/mol. The lowest BCUT2D eigenvalue weighted by Crippen LogP contribution is -2.54. The number of hydrogen-bond acceptors (Lipinski definition) is 6. The zero-order valence-electron chi connectivity index (χ0n) is 23.6. The van der Waals surface area contributed by atoms with E-state index >= 15 is 0 Å². The number of carbonyl (C=O) groups is 1. The van der Waals surface area contributed by atoms with E-state index in [0.717, 1.165) is 5.69 Å². The highest BCUT2D eigenvalue weighted by molar-refractivity contribution is 6.32. The normalized spacial score (nSPS) is 13.3. The standard InChI is InChI=1S/C33H31ClFN4O3/c1-22(19-39(3,23(2)40)27-11-5-4-6-12-27)42-31-14-8-13-29-32(31)33(37-21-36-29)38-26-15-16-30(28(34)18-26)41-20-24-9-7-10-25(35)17-24/h4-18,21-22H,19-20H2,1-3H3,(H,36,37,38)/q+1/t22-,39?/m1/s1. The van der Waals surface area contributed by atoms with Crippen LogP contribution in [0.2, 0.25) is 5.02 Å². The zero-order valence-corrected chi connectivity index (χ0v) is 24.3. The number of fused-ring (bicyclic) bond motifs is 1. The van der Waals surface area contributed by atoms with Gasteiger partial charge in [-0.05, 0) is 67.1 Å². The molecule has 42 heavy (non-hydrogen) atoms. The van der Waals surface area contributed by atoms with Crippen molar-refractivity contribution in [1.29, 1.82) is 0 Å². The number of para-hydroxylation sites is 1. The van der Waals surface area contributed by atoms with Gasteiger partial charge < -0.3 is 14.8 Å². The van der Waals surface area contributed by atoms with Crippen LogP contribution in [-0.2, 0) is 11.4 Å². The van der Waals surface area contributed by atoms with E-state index in [1.807, 2.05) is 68.6 Å². The van der Waals surface area contributed by atoms with Crippen LogP contribution in [0, 0.1) is 5.82 Å². The molecule has 0 aliphatic heterocycles. The Kier molecular flexibility index (Phi) is 8.66. The third-order valence-electron chi connectivity index (χ3n) is 7.07. The summed E-state index contributed by atoms with van der Waals surface area (Å²) in [5.41, 5.74) is 2.98. The Morgan fingerprint density at radius 3 is 2.50 bits per heavy atom. The predicted octanol–water partition coefficient (Wildman–Crippen LogP) is 7.70. The van der Waals surface area contributed by atoms with Gasteiger partial charge in [-0.15, -0.1) is 0 Å². The molecule has 1 amide bonds. The molecule has 2 atom stereocenters. The highest BCUT2D eigenvalue weighted by atomic mass is 35.5. The molecule has 5 rings (SSSR count). The monoisotopic (exact) mass is 585 g/mol. The number of benzene rings is 4. The molecule has 5 aromatic rings. The topological polar surface area (TPSA) is 73.3 Å². The summed E-state index contributed by atoms with van der Waals surface area (Å²) >= 11 is 6.52. The van der Waals surface area contributed by atoms with Gasteiger partial charge in [0.05, 0.1) is 29.9 Å². The van der Waals surface area contributed by atoms with Crippen LogP contribution in [0.1, 0.15) is 19.4 Å². The molecule has 0 fully saturated rings. The van der Waals surface area contributed by atoms with Crippen LogP contribution in [0.25, 0.3) is 10.9 Å². The Morgan fingerprint density at radius 1 is 0.976 bits per heavy atom. The SMILES string of the molecule is CC(=O)[N+](C)(C[C@@H](C)Oc1cccc2ncnc(Nc3ccc(OCc4cccc(F)c4)c(Cl)c3)c12)c1ccccc1. The molecule has 0 spiro atoms. The number of nitrogens with one attached hydrogen (secondary N) is 1. The molecular weight excluding hydrogens is 555 g/mol. The second-order valence-electron chi connectivity index (χ2n) is 10.2. The van der Waals surface area contributed by atoms with Crippen molar-refractivity contribution in [3.05, 3.63) is 114 Å². The van der Waals surface area contributed by atoms with Crippen LogP contribution in [0.5, 0.6) is 11.5 Å². The van der Waals surface area contributed by atoms with Crippen molar-refractivity contribution in [1.82, 2.24) is 14.5 Å². The molecule has 0 aliphatic rings. The number of quaternary nitrogens is 1. The molecule has 214 valence electrons. The number of nitrogens with zero attached hydrogens (tertiary/aromatic N) is 3. The zero-order chi connectivity index (χ0) is 29.7. The summed E-state index contributed by atoms with van der Waals surface area (Å²) in [6, 6.07) is 26.8. The fourth-order valence-corrected chi connectivity index (χ4v) is 5.07. The molecule has 1 aromatic heterocycles. The maximum atomic E-state index is 13.5. The van der Waals surface area contributed by atoms with Gasteiger partial charge >= 0.3 is 5.91 Å². The summed E-state index contributed by atoms with van der Waals surface area (Å²) in [6.07, 6.45) is 1.16. The molecule has 1 N–H and O–H groups in total. The summed E-state index contributed by atoms with van der Waals surface area (Å²) in [7, 11) is 1.89. The second-order valence-corrected chi connectivity index (χ2v) is 10.6. The number of hydrogen-bond donors (Lipinski definition) is 1. The molecule has 0 bridgehead atoms. The van der Waals surface area contributed by atoms with E-state index in [1.54, 1.807) is 31.2 Å². The molecule has 0 saturated carbocycles. The van der Waals surface area contributed by atoms with Gasteiger partial charge in [0.1, 0.15) is 54.4 Å². The molecule has 0 radical (unpaired) electrons. The molecule has 4 aromatic carbocycles. The number of likely N-dealkylation sites (N-methyl/N-ethyl adjacent to an activating group) is 1. The Balaban J connectivity index is 1.36. The Bertz CT molecular complexity index is 1710. The van der Waals surface area contributed by atoms with E-state index in [1.165, 1.54) is 18.5 Å². The summed E-state index contributed by atoms with van der Waals surface area (Å²) in [4.78, 5) is 21.7. The van der Waals surface area contributed by atoms with Crippen molar-refractivity contribution in [2.75, 3.05) is 18.9 Å². The maximum absolute atomic E-state index is 13.5. The third-order valence-corrected chi connectivity index (χ3v) is 7.37. The van der Waals surface area contributed by atoms with E-state index < -0.39 is 0 Å². The first-order valence-electron chi connectivity index (χ1n) is 13.5. The summed E-state index contributed by atoms with van der Waals surface area (Å²) in [6.45, 7) is 4.15. The molecule has 7 nitrogen and oxygen atoms in total. The van der Waals surface area contributed by atoms with Crippen LogP contribution < -0.4 is 19.3 Å². The van der Waals surface area contributed by atoms with Crippen molar-refractivity contribution in [2.45, 2.75) is 26.6 Å². The Hall–Kier alpha value is -4.53. The van der Waals surface area contributed by atoms with Gasteiger partial charge in [-0.3, -0.25) is 0 Å². The molecule has 1 unspecified atom stereocenters. The first-order valence-corrected chi connectivity index (χ1v) is 13.9. The minimum atomic E-state index is -0.320. The lowest BCUT2D eigenvalue weighted by molar-refractivity contribution is -0.127. The molecule has 9 heteroatoms. The van der Waals surface area contributed by atoms with Gasteiger partial charge in [0, 0.05) is 5.69 Å². The number of amides is 1. The number of halogens is 2. The van der Waals surface area contributed by atoms with Crippen molar-refractivity contribution in [3.63, 3.8) is 0 Å². The number of anilines is 2. The summed E-state index contributed by atoms with van der Waals surface area (Å²) in [5.74, 6) is 1.30. The van der Waals surface area contributed by atoms with E-state index in [2.05, 4.69) is 15.3 Å². The van der Waals surface area contributed by atoms with E-state index in [-0.39, 0.29) is 28.9 Å². The Labute approximate surface area is 249 Å². The van der Waals surface area contributed by atoms with Crippen LogP contribution in [-0.4, -0.2) is 35.6 Å². The lowest BCUT2D eigenvalue weighted by atomic mass is 10.2. The minimum Gasteiger partial charge on any atom is -0.487 e. The quantitative estimate of drug-likeness (QED) is 0.169. The highest BCUT2D eigenvalue weighted by Crippen LogP contribution is 2.35. The fraction of sp³-hybridized carbons (Fsp3) is 0.182. The number of ether oxygens (including phenoxy) is 2. The van der Waals surface area contributed by atoms with E-state index in [9.17, 15) is 9.18 Å². The van der Waals surface area contributed by atoms with Crippen LogP contribution >= 0.6 is 11.6 Å². The van der Waals surface area contributed by atoms with Crippen molar-refractivity contribution in [3.8, 4) is 11.5 Å². The van der Waals surface area contributed by atoms with Crippen molar-refractivity contribution < 1.29 is 18.7 Å². The first-order chi connectivity index (χ1) is 20.2. The van der Waals surface area contributed by atoms with Gasteiger partial charge in [-0.1, -0.05) is 48.0 Å². The third kappa shape index (κ3) is 6.51. The summed E-state index contributed by atoms with van der Waals surface area (Å²) in [5, 5.41) is 4.41. The van der Waals surface area contributed by atoms with E-state index in [0.29, 0.717) is 51.0 Å². The maximum Gasteiger partial charge on any atom is 0.315 e. The first kappa shape index (κ1) is 29.0. The van der Waals surface area contributed by atoms with E-state index in [4.69, 9.17) is 21.1 Å². The number of carbonyl (C=O) groups excluding carboxylic acids is 1. The van der Waals surface area contributed by atoms with Crippen molar-refractivity contribution >= 4 is 45.6 Å². The lowest BCUT2D eigenvalue weighted by Gasteiger charge is -2.32. The Morgan fingerprint density at radius 2 is 1.76 bits per heavy atom. The van der Waals surface area contributed by atoms with Crippen LogP contribution in [0.4, 0.5) is 21.6 Å². The van der Waals surface area contributed by atoms with Gasteiger partial charge in [-0.2, -0.15) is 0 Å². The number of aromatic nitrogens is 2. The number of rotatable bonds is 10. The highest BCUT2D eigenvalue weighted by Gasteiger charge is 2.33. The molecule has 0 saturated heterocycles. The van der Waals surface area contributed by atoms with Gasteiger partial charge in [0.2, 0.25) is 0 Å². The second kappa shape index (κ2) is 12.5. The van der Waals surface area contributed by atoms with Crippen molar-refractivity contribution in [2.24, 2.45) is 0 Å². The molecule has 0 aliphatic carbocycles. The van der Waals surface area contributed by atoms with Gasteiger partial charge in [-0.25, -0.2) is 23.6 Å². The average molecular weight is 586 g/mol. The molecule has 1 heterocycles. The largest absolute Gasteiger partial charge is 0.487 e. The average Bonchev–Trinajstić information content (AvgIpc) is 2.97. The van der Waals surface area contributed by atoms with Gasteiger partial charge in [0.25, 0.3) is 0 Å². The van der Waals surface area contributed by atoms with Crippen LogP contribution in [0.15, 0.2) is 97.3 Å². The van der Waals surface area contributed by atoms with Gasteiger partial charge in [0.15, 0.2) is 0 Å². The van der Waals surface area contributed by atoms with Crippen LogP contribution in [0.3, 0.4) is 0 Å². The molecular formula is C33H31ClFN4O3+. The smallest absolute Gasteiger partial charge is 0.315 e. The fourth-order valence-electron chi connectivity index (χ4n) is 4.83. The summed E-state index contributed by atoms with van der Waals surface area (Å²) < 4.78 is 25.8. The minimum absolute atomic E-state index is 0.0143.